The molecule has 2 rings (SSSR count). The van der Waals surface area contributed by atoms with Crippen LogP contribution in [0.4, 0.5) is 4.39 Å². The summed E-state index contributed by atoms with van der Waals surface area (Å²) in [5, 5.41) is 0. The molecule has 0 spiro atoms. The molecule has 0 saturated heterocycles. The number of furan rings is 1. The normalized spacial score (nSPS) is 12.7. The third kappa shape index (κ3) is 2.74. The Balaban J connectivity index is 2.15. The molecule has 2 nitrogen and oxygen atoms in total. The quantitative estimate of drug-likeness (QED) is 0.883. The second kappa shape index (κ2) is 4.72. The van der Waals surface area contributed by atoms with E-state index in [1.165, 1.54) is 12.1 Å². The van der Waals surface area contributed by atoms with Crippen molar-refractivity contribution in [3.05, 3.63) is 58.8 Å². The Morgan fingerprint density at radius 3 is 2.65 bits per heavy atom. The van der Waals surface area contributed by atoms with Gasteiger partial charge in [-0.25, -0.2) is 4.39 Å². The molecule has 0 saturated carbocycles. The van der Waals surface area contributed by atoms with Gasteiger partial charge in [-0.1, -0.05) is 6.07 Å². The SMILES string of the molecule is Cc1cc(C(N)Cc2ccc(F)cc2C)co1. The maximum Gasteiger partial charge on any atom is 0.123 e. The second-order valence-corrected chi connectivity index (χ2v) is 4.37. The van der Waals surface area contributed by atoms with Crippen LogP contribution in [-0.4, -0.2) is 0 Å². The number of halogens is 1. The van der Waals surface area contributed by atoms with Crippen molar-refractivity contribution in [2.45, 2.75) is 26.3 Å². The molecule has 1 atom stereocenters. The fraction of sp³-hybridized carbons (Fsp3) is 0.286. The molecule has 0 aliphatic heterocycles. The average Bonchev–Trinajstić information content (AvgIpc) is 2.69. The molecule has 1 aromatic heterocycles. The van der Waals surface area contributed by atoms with Crippen LogP contribution >= 0.6 is 0 Å². The largest absolute Gasteiger partial charge is 0.469 e. The predicted molar refractivity (Wildman–Crippen MR) is 65.2 cm³/mol. The molecular formula is C14H16FNO. The number of benzene rings is 1. The van der Waals surface area contributed by atoms with Gasteiger partial charge in [-0.05, 0) is 49.6 Å². The van der Waals surface area contributed by atoms with Crippen molar-refractivity contribution >= 4 is 0 Å². The second-order valence-electron chi connectivity index (χ2n) is 4.37. The lowest BCUT2D eigenvalue weighted by atomic mass is 9.98. The van der Waals surface area contributed by atoms with E-state index < -0.39 is 0 Å². The van der Waals surface area contributed by atoms with Gasteiger partial charge in [-0.3, -0.25) is 0 Å². The summed E-state index contributed by atoms with van der Waals surface area (Å²) in [5.41, 5.74) is 9.07. The summed E-state index contributed by atoms with van der Waals surface area (Å²) >= 11 is 0. The zero-order chi connectivity index (χ0) is 12.4. The smallest absolute Gasteiger partial charge is 0.123 e. The Bertz CT molecular complexity index is 519. The summed E-state index contributed by atoms with van der Waals surface area (Å²) < 4.78 is 18.2. The molecule has 0 amide bonds. The average molecular weight is 233 g/mol. The Hall–Kier alpha value is -1.61. The van der Waals surface area contributed by atoms with Gasteiger partial charge in [-0.15, -0.1) is 0 Å². The van der Waals surface area contributed by atoms with Gasteiger partial charge in [0.25, 0.3) is 0 Å². The van der Waals surface area contributed by atoms with Gasteiger partial charge in [0.1, 0.15) is 11.6 Å². The topological polar surface area (TPSA) is 39.2 Å². The van der Waals surface area contributed by atoms with Crippen LogP contribution in [-0.2, 0) is 6.42 Å². The van der Waals surface area contributed by atoms with Crippen LogP contribution in [0.15, 0.2) is 34.9 Å². The standard InChI is InChI=1S/C14H16FNO/c1-9-5-13(15)4-3-11(9)7-14(16)12-6-10(2)17-8-12/h3-6,8,14H,7,16H2,1-2H3. The lowest BCUT2D eigenvalue weighted by molar-refractivity contribution is 0.528. The Labute approximate surface area is 100 Å². The molecule has 3 heteroatoms. The first-order valence-corrected chi connectivity index (χ1v) is 5.62. The third-order valence-electron chi connectivity index (χ3n) is 2.92. The molecule has 2 aromatic rings. The number of rotatable bonds is 3. The maximum absolute atomic E-state index is 13.0. The van der Waals surface area contributed by atoms with Gasteiger partial charge in [-0.2, -0.15) is 0 Å². The van der Waals surface area contributed by atoms with E-state index in [1.807, 2.05) is 19.9 Å². The fourth-order valence-electron chi connectivity index (χ4n) is 1.90. The number of aryl methyl sites for hydroxylation is 2. The molecule has 17 heavy (non-hydrogen) atoms. The van der Waals surface area contributed by atoms with Crippen LogP contribution < -0.4 is 5.73 Å². The van der Waals surface area contributed by atoms with Gasteiger partial charge in [0.2, 0.25) is 0 Å². The molecule has 1 aromatic carbocycles. The van der Waals surface area contributed by atoms with Gasteiger partial charge in [0, 0.05) is 11.6 Å². The van der Waals surface area contributed by atoms with Crippen LogP contribution in [0.25, 0.3) is 0 Å². The molecule has 1 heterocycles. The lowest BCUT2D eigenvalue weighted by Gasteiger charge is -2.11. The Morgan fingerprint density at radius 1 is 1.29 bits per heavy atom. The third-order valence-corrected chi connectivity index (χ3v) is 2.92. The van der Waals surface area contributed by atoms with E-state index in [4.69, 9.17) is 10.2 Å². The van der Waals surface area contributed by atoms with E-state index in [2.05, 4.69) is 0 Å². The van der Waals surface area contributed by atoms with E-state index >= 15 is 0 Å². The first kappa shape index (κ1) is 11.9. The molecule has 1 unspecified atom stereocenters. The maximum atomic E-state index is 13.0. The highest BCUT2D eigenvalue weighted by Gasteiger charge is 2.11. The first-order chi connectivity index (χ1) is 8.06. The predicted octanol–water partition coefficient (Wildman–Crippen LogP) is 3.28. The molecule has 0 bridgehead atoms. The summed E-state index contributed by atoms with van der Waals surface area (Å²) in [4.78, 5) is 0. The summed E-state index contributed by atoms with van der Waals surface area (Å²) in [6.07, 6.45) is 2.37. The van der Waals surface area contributed by atoms with Gasteiger partial charge in [0.15, 0.2) is 0 Å². The molecule has 0 fully saturated rings. The molecule has 2 N–H and O–H groups in total. The van der Waals surface area contributed by atoms with Gasteiger partial charge < -0.3 is 10.2 Å². The summed E-state index contributed by atoms with van der Waals surface area (Å²) in [5.74, 6) is 0.644. The Morgan fingerprint density at radius 2 is 2.06 bits per heavy atom. The van der Waals surface area contributed by atoms with Crippen LogP contribution in [0.1, 0.15) is 28.5 Å². The van der Waals surface area contributed by atoms with Crippen LogP contribution in [0.2, 0.25) is 0 Å². The van der Waals surface area contributed by atoms with Crippen LogP contribution in [0, 0.1) is 19.7 Å². The summed E-state index contributed by atoms with van der Waals surface area (Å²) in [6.45, 7) is 3.78. The zero-order valence-electron chi connectivity index (χ0n) is 10.0. The number of nitrogens with two attached hydrogens (primary N) is 1. The Kier molecular flexibility index (Phi) is 3.29. The minimum absolute atomic E-state index is 0.114. The van der Waals surface area contributed by atoms with E-state index in [0.29, 0.717) is 6.42 Å². The van der Waals surface area contributed by atoms with Gasteiger partial charge >= 0.3 is 0 Å². The minimum Gasteiger partial charge on any atom is -0.469 e. The van der Waals surface area contributed by atoms with Crippen molar-refractivity contribution in [2.24, 2.45) is 5.73 Å². The monoisotopic (exact) mass is 233 g/mol. The van der Waals surface area contributed by atoms with E-state index in [-0.39, 0.29) is 11.9 Å². The first-order valence-electron chi connectivity index (χ1n) is 5.62. The molecule has 0 aliphatic rings. The van der Waals surface area contributed by atoms with Crippen molar-refractivity contribution in [2.75, 3.05) is 0 Å². The molecular weight excluding hydrogens is 217 g/mol. The van der Waals surface area contributed by atoms with Crippen molar-refractivity contribution in [3.63, 3.8) is 0 Å². The van der Waals surface area contributed by atoms with Gasteiger partial charge in [0.05, 0.1) is 6.26 Å². The highest BCUT2D eigenvalue weighted by Crippen LogP contribution is 2.20. The van der Waals surface area contributed by atoms with Crippen molar-refractivity contribution in [1.82, 2.24) is 0 Å². The number of hydrogen-bond acceptors (Lipinski definition) is 2. The zero-order valence-corrected chi connectivity index (χ0v) is 10.0. The highest BCUT2D eigenvalue weighted by atomic mass is 19.1. The lowest BCUT2D eigenvalue weighted by Crippen LogP contribution is -2.13. The molecule has 90 valence electrons. The van der Waals surface area contributed by atoms with Crippen LogP contribution in [0.5, 0.6) is 0 Å². The highest BCUT2D eigenvalue weighted by molar-refractivity contribution is 5.29. The van der Waals surface area contributed by atoms with Crippen molar-refractivity contribution in [1.29, 1.82) is 0 Å². The summed E-state index contributed by atoms with van der Waals surface area (Å²) in [6, 6.07) is 6.61. The van der Waals surface area contributed by atoms with Crippen LogP contribution in [0.3, 0.4) is 0 Å². The number of hydrogen-bond donors (Lipinski definition) is 1. The summed E-state index contributed by atoms with van der Waals surface area (Å²) in [7, 11) is 0. The van der Waals surface area contributed by atoms with Crippen molar-refractivity contribution in [3.8, 4) is 0 Å². The van der Waals surface area contributed by atoms with E-state index in [1.54, 1.807) is 12.3 Å². The van der Waals surface area contributed by atoms with E-state index in [9.17, 15) is 4.39 Å². The van der Waals surface area contributed by atoms with Crippen molar-refractivity contribution < 1.29 is 8.81 Å². The van der Waals surface area contributed by atoms with E-state index in [0.717, 1.165) is 22.5 Å². The fourth-order valence-corrected chi connectivity index (χ4v) is 1.90. The minimum atomic E-state index is -0.209. The molecule has 0 aliphatic carbocycles. The molecule has 0 radical (unpaired) electrons.